The van der Waals surface area contributed by atoms with Gasteiger partial charge in [-0.15, -0.1) is 0 Å². The van der Waals surface area contributed by atoms with Gasteiger partial charge in [-0.2, -0.15) is 0 Å². The van der Waals surface area contributed by atoms with Crippen LogP contribution in [0.15, 0.2) is 24.3 Å². The number of ether oxygens (including phenoxy) is 1. The monoisotopic (exact) mass is 292 g/mol. The molecule has 0 aliphatic rings. The van der Waals surface area contributed by atoms with Crippen molar-refractivity contribution in [2.24, 2.45) is 11.1 Å². The van der Waals surface area contributed by atoms with Crippen LogP contribution in [0.5, 0.6) is 5.75 Å². The molecule has 0 spiro atoms. The third-order valence-electron chi connectivity index (χ3n) is 3.55. The zero-order chi connectivity index (χ0) is 15.9. The molecule has 0 saturated carbocycles. The fourth-order valence-corrected chi connectivity index (χ4v) is 2.27. The normalized spacial score (nSPS) is 11.3. The van der Waals surface area contributed by atoms with Crippen LogP contribution in [0.2, 0.25) is 0 Å². The smallest absolute Gasteiger partial charge is 0.227 e. The first-order valence-electron chi connectivity index (χ1n) is 7.53. The Morgan fingerprint density at radius 2 is 2.00 bits per heavy atom. The van der Waals surface area contributed by atoms with E-state index in [0.717, 1.165) is 24.3 Å². The maximum Gasteiger partial charge on any atom is 0.227 e. The van der Waals surface area contributed by atoms with E-state index in [1.165, 1.54) is 0 Å². The van der Waals surface area contributed by atoms with Crippen LogP contribution in [0.4, 0.5) is 0 Å². The summed E-state index contributed by atoms with van der Waals surface area (Å²) in [5.74, 6) is 0.892. The number of rotatable bonds is 8. The lowest BCUT2D eigenvalue weighted by Gasteiger charge is -2.32. The van der Waals surface area contributed by atoms with Gasteiger partial charge in [0.15, 0.2) is 0 Å². The van der Waals surface area contributed by atoms with Crippen molar-refractivity contribution < 1.29 is 9.53 Å². The van der Waals surface area contributed by atoms with Crippen molar-refractivity contribution >= 4 is 5.91 Å². The average molecular weight is 292 g/mol. The number of amides is 1. The van der Waals surface area contributed by atoms with Crippen molar-refractivity contribution in [3.05, 3.63) is 29.8 Å². The summed E-state index contributed by atoms with van der Waals surface area (Å²) in [4.78, 5) is 14.5. The first-order valence-corrected chi connectivity index (χ1v) is 7.53. The quantitative estimate of drug-likeness (QED) is 0.801. The Morgan fingerprint density at radius 3 is 2.57 bits per heavy atom. The van der Waals surface area contributed by atoms with E-state index in [4.69, 9.17) is 10.5 Å². The predicted octanol–water partition coefficient (Wildman–Crippen LogP) is 2.46. The Kier molecular flexibility index (Phi) is 6.69. The van der Waals surface area contributed by atoms with E-state index < -0.39 is 0 Å². The fourth-order valence-electron chi connectivity index (χ4n) is 2.27. The second-order valence-electron chi connectivity index (χ2n) is 6.17. The van der Waals surface area contributed by atoms with E-state index in [1.807, 2.05) is 29.2 Å². The number of nitrogens with zero attached hydrogens (tertiary/aromatic N) is 1. The minimum absolute atomic E-state index is 0.0639. The van der Waals surface area contributed by atoms with Gasteiger partial charge in [-0.1, -0.05) is 39.0 Å². The van der Waals surface area contributed by atoms with Gasteiger partial charge in [-0.3, -0.25) is 4.79 Å². The van der Waals surface area contributed by atoms with Gasteiger partial charge < -0.3 is 15.4 Å². The number of nitrogens with two attached hydrogens (primary N) is 1. The number of hydrogen-bond acceptors (Lipinski definition) is 3. The molecule has 2 N–H and O–H groups in total. The number of hydrogen-bond donors (Lipinski definition) is 1. The summed E-state index contributed by atoms with van der Waals surface area (Å²) in [6.07, 6.45) is 1.31. The van der Waals surface area contributed by atoms with Gasteiger partial charge in [-0.25, -0.2) is 0 Å². The van der Waals surface area contributed by atoms with E-state index in [9.17, 15) is 4.79 Å². The lowest BCUT2D eigenvalue weighted by atomic mass is 9.92. The van der Waals surface area contributed by atoms with Crippen LogP contribution >= 0.6 is 0 Å². The molecule has 0 unspecified atom stereocenters. The van der Waals surface area contributed by atoms with Gasteiger partial charge in [-0.05, 0) is 24.4 Å². The molecule has 4 nitrogen and oxygen atoms in total. The maximum atomic E-state index is 12.6. The van der Waals surface area contributed by atoms with Gasteiger partial charge in [0.25, 0.3) is 0 Å². The molecular formula is C17H28N2O2. The highest BCUT2D eigenvalue weighted by Gasteiger charge is 2.23. The fraction of sp³-hybridized carbons (Fsp3) is 0.588. The third kappa shape index (κ3) is 5.38. The molecule has 0 aliphatic heterocycles. The zero-order valence-electron chi connectivity index (χ0n) is 13.7. The molecule has 0 aliphatic carbocycles. The number of benzene rings is 1. The molecule has 0 heterocycles. The molecule has 0 fully saturated rings. The summed E-state index contributed by atoms with van der Waals surface area (Å²) < 4.78 is 5.32. The minimum atomic E-state index is -0.0639. The molecule has 1 aromatic carbocycles. The number of carbonyl (C=O) groups excluding carboxylic acids is 1. The Balaban J connectivity index is 2.81. The Bertz CT molecular complexity index is 458. The van der Waals surface area contributed by atoms with Gasteiger partial charge in [0.1, 0.15) is 5.75 Å². The lowest BCUT2D eigenvalue weighted by Crippen LogP contribution is -2.43. The van der Waals surface area contributed by atoms with Crippen molar-refractivity contribution in [1.82, 2.24) is 4.90 Å². The number of carbonyl (C=O) groups is 1. The summed E-state index contributed by atoms with van der Waals surface area (Å²) in [6.45, 7) is 8.27. The zero-order valence-corrected chi connectivity index (χ0v) is 13.7. The van der Waals surface area contributed by atoms with Crippen LogP contribution in [0.1, 0.15) is 32.8 Å². The van der Waals surface area contributed by atoms with Crippen molar-refractivity contribution in [3.63, 3.8) is 0 Å². The largest absolute Gasteiger partial charge is 0.496 e. The number of methoxy groups -OCH3 is 1. The van der Waals surface area contributed by atoms with Crippen LogP contribution in [0, 0.1) is 5.41 Å². The maximum absolute atomic E-state index is 12.6. The summed E-state index contributed by atoms with van der Waals surface area (Å²) in [7, 11) is 1.63. The number of para-hydroxylation sites is 1. The molecule has 0 saturated heterocycles. The van der Waals surface area contributed by atoms with E-state index >= 15 is 0 Å². The highest BCUT2D eigenvalue weighted by atomic mass is 16.5. The van der Waals surface area contributed by atoms with Crippen molar-refractivity contribution in [1.29, 1.82) is 0 Å². The molecule has 21 heavy (non-hydrogen) atoms. The summed E-state index contributed by atoms with van der Waals surface area (Å²) >= 11 is 0. The van der Waals surface area contributed by atoms with Gasteiger partial charge in [0.2, 0.25) is 5.91 Å². The van der Waals surface area contributed by atoms with Crippen LogP contribution in [-0.4, -0.2) is 37.6 Å². The predicted molar refractivity (Wildman–Crippen MR) is 86.4 cm³/mol. The van der Waals surface area contributed by atoms with E-state index in [2.05, 4.69) is 20.8 Å². The SMILES string of the molecule is CCCN(CC(C)(C)CN)C(=O)Cc1ccccc1OC. The van der Waals surface area contributed by atoms with Crippen molar-refractivity contribution in [2.45, 2.75) is 33.6 Å². The van der Waals surface area contributed by atoms with E-state index in [1.54, 1.807) is 7.11 Å². The Morgan fingerprint density at radius 1 is 1.33 bits per heavy atom. The molecule has 0 radical (unpaired) electrons. The second-order valence-corrected chi connectivity index (χ2v) is 6.17. The minimum Gasteiger partial charge on any atom is -0.496 e. The molecule has 0 aromatic heterocycles. The Labute approximate surface area is 128 Å². The molecule has 4 heteroatoms. The van der Waals surface area contributed by atoms with Crippen LogP contribution in [0.25, 0.3) is 0 Å². The van der Waals surface area contributed by atoms with E-state index in [-0.39, 0.29) is 11.3 Å². The second kappa shape index (κ2) is 8.03. The highest BCUT2D eigenvalue weighted by molar-refractivity contribution is 5.79. The molecule has 0 atom stereocenters. The molecular weight excluding hydrogens is 264 g/mol. The topological polar surface area (TPSA) is 55.6 Å². The highest BCUT2D eigenvalue weighted by Crippen LogP contribution is 2.20. The van der Waals surface area contributed by atoms with Gasteiger partial charge in [0.05, 0.1) is 13.5 Å². The standard InChI is InChI=1S/C17H28N2O2/c1-5-10-19(13-17(2,3)12-18)16(20)11-14-8-6-7-9-15(14)21-4/h6-9H,5,10-13,18H2,1-4H3. The molecule has 0 bridgehead atoms. The molecule has 1 amide bonds. The molecule has 1 aromatic rings. The van der Waals surface area contributed by atoms with Gasteiger partial charge in [0, 0.05) is 18.7 Å². The molecule has 118 valence electrons. The van der Waals surface area contributed by atoms with Crippen molar-refractivity contribution in [2.75, 3.05) is 26.7 Å². The lowest BCUT2D eigenvalue weighted by molar-refractivity contribution is -0.131. The summed E-state index contributed by atoms with van der Waals surface area (Å²) in [6, 6.07) is 7.67. The van der Waals surface area contributed by atoms with Crippen LogP contribution < -0.4 is 10.5 Å². The average Bonchev–Trinajstić information content (AvgIpc) is 2.47. The Hall–Kier alpha value is -1.55. The summed E-state index contributed by atoms with van der Waals surface area (Å²) in [5, 5.41) is 0. The third-order valence-corrected chi connectivity index (χ3v) is 3.55. The molecule has 1 rings (SSSR count). The van der Waals surface area contributed by atoms with Gasteiger partial charge >= 0.3 is 0 Å². The van der Waals surface area contributed by atoms with Crippen LogP contribution in [-0.2, 0) is 11.2 Å². The first-order chi connectivity index (χ1) is 9.93. The van der Waals surface area contributed by atoms with E-state index in [0.29, 0.717) is 19.5 Å². The van der Waals surface area contributed by atoms with Crippen LogP contribution in [0.3, 0.4) is 0 Å². The first kappa shape index (κ1) is 17.5. The van der Waals surface area contributed by atoms with Crippen molar-refractivity contribution in [3.8, 4) is 5.75 Å². The summed E-state index contributed by atoms with van der Waals surface area (Å²) in [5.41, 5.74) is 6.65.